The maximum absolute atomic E-state index is 15.5. The van der Waals surface area contributed by atoms with E-state index in [2.05, 4.69) is 15.6 Å². The Morgan fingerprint density at radius 2 is 1.31 bits per heavy atom. The van der Waals surface area contributed by atoms with E-state index in [4.69, 9.17) is 55.6 Å². The molecule has 0 aliphatic carbocycles. The molecule has 7 atom stereocenters. The first kappa shape index (κ1) is 69.1. The standard InChI is InChI=1S/C66H64N12O13S6/c1-31-48(81)25-78-54(31)64-76-46(30-96-64)62-72-42(26-94-62)53-37(20-21-39(69-53)61-73-43(27-95-61)56(68)85)59-74-44(28-92-59)57(86)70-40(24-49(67)82)63-77-52(32(2)97-63)47(80)23-38(55(35-12-8-7-9-13-35)90-50(83)14-10-11-15-51(84)91-66(4,5)6)60-75-45(29-93-60)58(87)71-41(65(78)88)22-34-16-18-36(19-17-34)89-33(3)79/h7-9,12-13,16-21,26-31,38,40-41,48,54-55,81H,10-11,14-15,22-25H2,1-6H3,(H2,67,82)(H2,68,85)(H,70,86)(H,71,87)/t31-,38-,40-,41-,48-,54-,55+/m0/s1. The molecular weight excluding hydrogens is 1360 g/mol. The van der Waals surface area contributed by atoms with Crippen LogP contribution in [0.5, 0.6) is 5.75 Å². The highest BCUT2D eigenvalue weighted by Gasteiger charge is 2.46. The molecule has 0 unspecified atom stereocenters. The summed E-state index contributed by atoms with van der Waals surface area (Å²) in [5.41, 5.74) is 13.6. The first-order valence-electron chi connectivity index (χ1n) is 30.5. The molecule has 7 N–H and O–H groups in total. The average Bonchev–Trinajstić information content (AvgIpc) is 1.81. The van der Waals surface area contributed by atoms with E-state index >= 15 is 9.59 Å². The summed E-state index contributed by atoms with van der Waals surface area (Å²) in [6, 6.07) is 15.3. The number of nitrogens with one attached hydrogen (secondary N) is 2. The molecule has 25 nitrogen and oxygen atoms in total. The molecule has 97 heavy (non-hydrogen) atoms. The van der Waals surface area contributed by atoms with Gasteiger partial charge in [-0.3, -0.25) is 43.2 Å². The number of Topliss-reactive ketones (excluding diaryl/α,β-unsaturated/α-hetero) is 1. The number of pyridine rings is 1. The summed E-state index contributed by atoms with van der Waals surface area (Å²) < 4.78 is 17.1. The summed E-state index contributed by atoms with van der Waals surface area (Å²) in [7, 11) is 0. The summed E-state index contributed by atoms with van der Waals surface area (Å²) in [4.78, 5) is 159. The smallest absolute Gasteiger partial charge is 0.308 e. The fourth-order valence-electron chi connectivity index (χ4n) is 11.1. The van der Waals surface area contributed by atoms with Gasteiger partial charge in [-0.15, -0.1) is 68.0 Å². The zero-order valence-corrected chi connectivity index (χ0v) is 57.9. The monoisotopic (exact) mass is 1420 g/mol. The van der Waals surface area contributed by atoms with Gasteiger partial charge in [-0.2, -0.15) is 0 Å². The number of thiazole rings is 6. The number of esters is 3. The van der Waals surface area contributed by atoms with Crippen molar-refractivity contribution in [3.05, 3.63) is 147 Å². The fourth-order valence-corrected chi connectivity index (χ4v) is 16.4. The maximum atomic E-state index is 15.5. The zero-order valence-electron chi connectivity index (χ0n) is 53.0. The Morgan fingerprint density at radius 1 is 0.680 bits per heavy atom. The summed E-state index contributed by atoms with van der Waals surface area (Å²) in [6.45, 7) is 9.87. The third-order valence-electron chi connectivity index (χ3n) is 15.7. The Kier molecular flexibility index (Phi) is 21.1. The maximum Gasteiger partial charge on any atom is 0.308 e. The second-order valence-electron chi connectivity index (χ2n) is 24.0. The molecule has 0 saturated carbocycles. The topological polar surface area (TPSA) is 371 Å². The summed E-state index contributed by atoms with van der Waals surface area (Å²) >= 11 is 6.86. The van der Waals surface area contributed by atoms with Crippen LogP contribution < -0.4 is 26.8 Å². The molecule has 7 aromatic heterocycles. The predicted octanol–water partition coefficient (Wildman–Crippen LogP) is 9.95. The van der Waals surface area contributed by atoms with Crippen LogP contribution in [0.2, 0.25) is 0 Å². The number of aliphatic hydroxyl groups excluding tert-OH is 1. The zero-order chi connectivity index (χ0) is 69.0. The minimum atomic E-state index is -1.32. The van der Waals surface area contributed by atoms with Gasteiger partial charge in [0, 0.05) is 82.4 Å². The SMILES string of the molecule is CC(=O)Oc1ccc(C[C@@H]2NC(=O)c3csc(n3)[C@H]([C@H](OC(=O)CCCCC(=O)OC(C)(C)C)c3ccccc3)CC(=O)c3nc(sc3C)[C@H](CC(N)=O)NC(=O)c3csc(n3)-c3ccc(-c4nc(C(N)=O)cs4)nc3-c3csc(n3)-c3csc(n3)[C@@H]3[C@@H](C)[C@@H](O)CN3C2=O)cc1. The van der Waals surface area contributed by atoms with Crippen LogP contribution in [0.25, 0.3) is 43.4 Å². The van der Waals surface area contributed by atoms with E-state index in [0.29, 0.717) is 70.8 Å². The molecule has 31 heteroatoms. The fraction of sp³-hybridized carbons (Fsp3) is 0.333. The third-order valence-corrected chi connectivity index (χ3v) is 21.2. The number of hydrogen-bond acceptors (Lipinski definition) is 26. The number of amides is 5. The van der Waals surface area contributed by atoms with Crippen molar-refractivity contribution in [1.82, 2.24) is 50.4 Å². The largest absolute Gasteiger partial charge is 0.460 e. The Balaban J connectivity index is 1.01. The van der Waals surface area contributed by atoms with Crippen molar-refractivity contribution in [2.75, 3.05) is 6.54 Å². The van der Waals surface area contributed by atoms with Gasteiger partial charge in [-0.25, -0.2) is 34.9 Å². The molecule has 0 radical (unpaired) electrons. The number of unbranched alkanes of at least 4 members (excludes halogenated alkanes) is 1. The van der Waals surface area contributed by atoms with Gasteiger partial charge in [0.1, 0.15) is 93.4 Å². The molecular formula is C66H64N12O13S6. The number of carbonyl (C=O) groups excluding carboxylic acids is 9. The Hall–Kier alpha value is -9.24. The van der Waals surface area contributed by atoms with E-state index in [0.717, 1.165) is 45.3 Å². The van der Waals surface area contributed by atoms with E-state index in [9.17, 15) is 38.7 Å². The molecule has 2 aromatic carbocycles. The van der Waals surface area contributed by atoms with E-state index in [1.54, 1.807) is 112 Å². The molecule has 5 amide bonds. The second-order valence-corrected chi connectivity index (χ2v) is 29.6. The molecule has 1 saturated heterocycles. The molecule has 10 bridgehead atoms. The molecule has 2 aliphatic heterocycles. The summed E-state index contributed by atoms with van der Waals surface area (Å²) in [5, 5.41) is 27.5. The van der Waals surface area contributed by atoms with Gasteiger partial charge in [-0.1, -0.05) is 49.4 Å². The number of benzene rings is 2. The van der Waals surface area contributed by atoms with Gasteiger partial charge in [-0.05, 0) is 75.9 Å². The van der Waals surface area contributed by atoms with Gasteiger partial charge in [0.2, 0.25) is 11.8 Å². The van der Waals surface area contributed by atoms with Crippen LogP contribution >= 0.6 is 68.0 Å². The van der Waals surface area contributed by atoms with Crippen LogP contribution in [-0.2, 0) is 39.9 Å². The lowest BCUT2D eigenvalue weighted by atomic mass is 9.90. The summed E-state index contributed by atoms with van der Waals surface area (Å²) in [5.74, 6) is -7.15. The number of aromatic nitrogens is 7. The normalized spacial score (nSPS) is 18.7. The lowest BCUT2D eigenvalue weighted by molar-refractivity contribution is -0.156. The van der Waals surface area contributed by atoms with Crippen LogP contribution in [0.4, 0.5) is 0 Å². The van der Waals surface area contributed by atoms with Gasteiger partial charge in [0.25, 0.3) is 17.7 Å². The number of rotatable bonds is 15. The van der Waals surface area contributed by atoms with E-state index < -0.39 is 114 Å². The highest BCUT2D eigenvalue weighted by atomic mass is 32.1. The molecule has 502 valence electrons. The van der Waals surface area contributed by atoms with E-state index in [-0.39, 0.29) is 70.8 Å². The van der Waals surface area contributed by atoms with E-state index in [1.807, 2.05) is 0 Å². The number of ketones is 1. The number of carbonyl (C=O) groups is 9. The van der Waals surface area contributed by atoms with Crippen molar-refractivity contribution in [3.8, 4) is 49.1 Å². The Bertz CT molecular complexity index is 4480. The third kappa shape index (κ3) is 16.4. The average molecular weight is 1430 g/mol. The minimum absolute atomic E-state index is 0.0310. The number of ether oxygens (including phenoxy) is 3. The summed E-state index contributed by atoms with van der Waals surface area (Å²) in [6.07, 6.45) is -2.66. The van der Waals surface area contributed by atoms with Crippen LogP contribution in [0, 0.1) is 12.8 Å². The molecule has 0 spiro atoms. The number of aryl methyl sites for hydroxylation is 1. The lowest BCUT2D eigenvalue weighted by Crippen LogP contribution is -2.50. The van der Waals surface area contributed by atoms with Crippen LogP contribution in [0.3, 0.4) is 0 Å². The van der Waals surface area contributed by atoms with Crippen molar-refractivity contribution >= 4 is 121 Å². The van der Waals surface area contributed by atoms with Gasteiger partial charge >= 0.3 is 17.9 Å². The number of nitrogens with two attached hydrogens (primary N) is 2. The molecule has 2 aliphatic rings. The number of primary amides is 2. The van der Waals surface area contributed by atoms with Gasteiger partial charge < -0.3 is 46.3 Å². The van der Waals surface area contributed by atoms with Crippen molar-refractivity contribution in [1.29, 1.82) is 0 Å². The van der Waals surface area contributed by atoms with Crippen molar-refractivity contribution in [2.45, 2.75) is 128 Å². The number of aliphatic hydroxyl groups is 1. The van der Waals surface area contributed by atoms with Crippen molar-refractivity contribution < 1.29 is 62.5 Å². The Labute approximate surface area is 579 Å². The molecule has 9 heterocycles. The van der Waals surface area contributed by atoms with Crippen molar-refractivity contribution in [2.24, 2.45) is 17.4 Å². The Morgan fingerprint density at radius 3 is 2.01 bits per heavy atom. The van der Waals surface area contributed by atoms with E-state index in [1.165, 1.54) is 50.6 Å². The quantitative estimate of drug-likeness (QED) is 0.0362. The molecule has 9 aromatic rings. The first-order chi connectivity index (χ1) is 46.3. The highest BCUT2D eigenvalue weighted by Crippen LogP contribution is 2.44. The second kappa shape index (κ2) is 29.6. The first-order valence-corrected chi connectivity index (χ1v) is 35.8. The van der Waals surface area contributed by atoms with Gasteiger partial charge in [0.05, 0.1) is 36.2 Å². The number of fused-ring (bicyclic) bond motifs is 16. The van der Waals surface area contributed by atoms with Gasteiger partial charge in [0.15, 0.2) is 5.78 Å². The lowest BCUT2D eigenvalue weighted by Gasteiger charge is -2.29. The van der Waals surface area contributed by atoms with Crippen LogP contribution in [0.15, 0.2) is 93.6 Å². The molecule has 11 rings (SSSR count). The van der Waals surface area contributed by atoms with Crippen molar-refractivity contribution in [3.63, 3.8) is 0 Å². The predicted molar refractivity (Wildman–Crippen MR) is 364 cm³/mol. The number of nitrogens with zero attached hydrogens (tertiary/aromatic N) is 8. The van der Waals surface area contributed by atoms with Crippen LogP contribution in [0.1, 0.15) is 170 Å². The van der Waals surface area contributed by atoms with Crippen LogP contribution in [-0.4, -0.2) is 122 Å². The number of hydrogen-bond donors (Lipinski definition) is 5. The highest BCUT2D eigenvalue weighted by molar-refractivity contribution is 7.15. The molecule has 1 fully saturated rings. The minimum Gasteiger partial charge on any atom is -0.460 e.